The normalized spacial score (nSPS) is 49.5. The number of allylic oxidation sites excluding steroid dienone is 4. The monoisotopic (exact) mass is 452 g/mol. The summed E-state index contributed by atoms with van der Waals surface area (Å²) in [5.41, 5.74) is -7.07. The van der Waals surface area contributed by atoms with Crippen LogP contribution in [0.3, 0.4) is 0 Å². The van der Waals surface area contributed by atoms with Crippen LogP contribution in [0.15, 0.2) is 23.8 Å². The maximum atomic E-state index is 17.1. The number of ketones is 1. The van der Waals surface area contributed by atoms with Gasteiger partial charge in [0.15, 0.2) is 11.5 Å². The Labute approximate surface area is 185 Å². The van der Waals surface area contributed by atoms with Gasteiger partial charge in [0.05, 0.1) is 6.10 Å². The summed E-state index contributed by atoms with van der Waals surface area (Å²) in [6, 6.07) is 0. The molecule has 0 aromatic rings. The molecule has 0 radical (unpaired) electrons. The molecule has 4 rings (SSSR count). The van der Waals surface area contributed by atoms with Crippen molar-refractivity contribution in [2.24, 2.45) is 28.6 Å². The van der Waals surface area contributed by atoms with E-state index in [1.807, 2.05) is 0 Å². The smallest absolute Gasteiger partial charge is 0.349 e. The molecular formula is C24H30F2O6. The summed E-state index contributed by atoms with van der Waals surface area (Å²) >= 11 is 0. The van der Waals surface area contributed by atoms with Gasteiger partial charge in [0, 0.05) is 29.1 Å². The predicted octanol–water partition coefficient (Wildman–Crippen LogP) is 3.33. The summed E-state index contributed by atoms with van der Waals surface area (Å²) in [6.45, 7) is 6.31. The second-order valence-electron chi connectivity index (χ2n) is 10.4. The van der Waals surface area contributed by atoms with Gasteiger partial charge in [-0.05, 0) is 49.8 Å². The molecule has 2 N–H and O–H groups in total. The maximum Gasteiger partial charge on any atom is 0.349 e. The Morgan fingerprint density at radius 1 is 1.25 bits per heavy atom. The third-order valence-electron chi connectivity index (χ3n) is 9.05. The van der Waals surface area contributed by atoms with Crippen LogP contribution in [0.25, 0.3) is 0 Å². The van der Waals surface area contributed by atoms with Crippen molar-refractivity contribution in [2.75, 3.05) is 0 Å². The van der Waals surface area contributed by atoms with E-state index in [0.29, 0.717) is 0 Å². The number of aliphatic carboxylic acids is 1. The van der Waals surface area contributed by atoms with Crippen LogP contribution in [0.5, 0.6) is 0 Å². The molecule has 0 aromatic heterocycles. The number of ether oxygens (including phenoxy) is 1. The fourth-order valence-corrected chi connectivity index (χ4v) is 7.49. The highest BCUT2D eigenvalue weighted by Crippen LogP contribution is 2.71. The first kappa shape index (κ1) is 23.1. The molecule has 9 atom stereocenters. The lowest BCUT2D eigenvalue weighted by molar-refractivity contribution is -0.237. The van der Waals surface area contributed by atoms with Crippen molar-refractivity contribution in [3.8, 4) is 0 Å². The molecule has 0 spiro atoms. The molecule has 0 amide bonds. The number of fused-ring (bicyclic) bond motifs is 5. The van der Waals surface area contributed by atoms with Crippen LogP contribution in [0.2, 0.25) is 0 Å². The van der Waals surface area contributed by atoms with Gasteiger partial charge in [-0.3, -0.25) is 9.59 Å². The summed E-state index contributed by atoms with van der Waals surface area (Å²) in [4.78, 5) is 36.7. The van der Waals surface area contributed by atoms with Crippen molar-refractivity contribution >= 4 is 17.7 Å². The van der Waals surface area contributed by atoms with E-state index in [9.17, 15) is 24.6 Å². The summed E-state index contributed by atoms with van der Waals surface area (Å²) < 4.78 is 38.1. The van der Waals surface area contributed by atoms with Gasteiger partial charge < -0.3 is 14.9 Å². The quantitative estimate of drug-likeness (QED) is 0.637. The van der Waals surface area contributed by atoms with Gasteiger partial charge in [-0.2, -0.15) is 0 Å². The standard InChI is InChI=1S/C24H30F2O6/c1-5-19(29)32-24(20(30)31)12(2)8-14-15-10-17(25)16-9-13(27)6-7-21(16,3)23(15,26)18(28)11-22(14,24)4/h6-7,9,12,14-15,17-18,28H,5,8,10-11H2,1-4H3,(H,30,31)/t12-,14+,15+,17-,18+,21+,22+,23+,24+/m1/s1. The van der Waals surface area contributed by atoms with Gasteiger partial charge in [-0.1, -0.05) is 26.8 Å². The molecule has 0 bridgehead atoms. The Kier molecular flexibility index (Phi) is 5.02. The van der Waals surface area contributed by atoms with Crippen LogP contribution in [0.4, 0.5) is 8.78 Å². The maximum absolute atomic E-state index is 17.1. The van der Waals surface area contributed by atoms with Gasteiger partial charge in [-0.15, -0.1) is 0 Å². The van der Waals surface area contributed by atoms with E-state index in [0.717, 1.165) is 6.08 Å². The van der Waals surface area contributed by atoms with E-state index in [1.54, 1.807) is 20.8 Å². The van der Waals surface area contributed by atoms with Crippen molar-refractivity contribution in [3.05, 3.63) is 23.8 Å². The summed E-state index contributed by atoms with van der Waals surface area (Å²) in [6.07, 6.45) is 0.0529. The molecule has 4 aliphatic carbocycles. The van der Waals surface area contributed by atoms with Crippen LogP contribution in [-0.4, -0.2) is 51.5 Å². The summed E-state index contributed by atoms with van der Waals surface area (Å²) in [5, 5.41) is 21.5. The Morgan fingerprint density at radius 3 is 2.50 bits per heavy atom. The molecule has 4 aliphatic rings. The average molecular weight is 452 g/mol. The number of carboxylic acids is 1. The van der Waals surface area contributed by atoms with Crippen LogP contribution < -0.4 is 0 Å². The lowest BCUT2D eigenvalue weighted by atomic mass is 9.44. The zero-order valence-electron chi connectivity index (χ0n) is 18.7. The highest BCUT2D eigenvalue weighted by Gasteiger charge is 2.78. The Hall–Kier alpha value is -2.09. The van der Waals surface area contributed by atoms with Gasteiger partial charge in [0.25, 0.3) is 0 Å². The van der Waals surface area contributed by atoms with Gasteiger partial charge in [0.2, 0.25) is 5.60 Å². The third-order valence-corrected chi connectivity index (χ3v) is 9.05. The minimum Gasteiger partial charge on any atom is -0.478 e. The largest absolute Gasteiger partial charge is 0.478 e. The van der Waals surface area contributed by atoms with Crippen molar-refractivity contribution in [1.82, 2.24) is 0 Å². The van der Waals surface area contributed by atoms with Crippen LogP contribution in [0, 0.1) is 28.6 Å². The Balaban J connectivity index is 1.87. The zero-order chi connectivity index (χ0) is 23.9. The van der Waals surface area contributed by atoms with Crippen molar-refractivity contribution in [1.29, 1.82) is 0 Å². The first-order valence-corrected chi connectivity index (χ1v) is 11.2. The highest BCUT2D eigenvalue weighted by atomic mass is 19.1. The van der Waals surface area contributed by atoms with Crippen LogP contribution in [-0.2, 0) is 19.1 Å². The van der Waals surface area contributed by atoms with Crippen molar-refractivity contribution in [3.63, 3.8) is 0 Å². The number of hydrogen-bond donors (Lipinski definition) is 2. The number of alkyl halides is 2. The van der Waals surface area contributed by atoms with Crippen LogP contribution in [0.1, 0.15) is 53.4 Å². The molecule has 8 heteroatoms. The first-order valence-electron chi connectivity index (χ1n) is 11.2. The number of rotatable bonds is 3. The average Bonchev–Trinajstić information content (AvgIpc) is 2.93. The SMILES string of the molecule is CCC(=O)O[C@]1(C(=O)O)[C@H](C)C[C@H]2[C@@H]3C[C@@H](F)C4=CC(=O)C=C[C@]4(C)[C@@]3(F)[C@@H](O)C[C@@]21C. The Bertz CT molecular complexity index is 945. The Morgan fingerprint density at radius 2 is 1.91 bits per heavy atom. The lowest BCUT2D eigenvalue weighted by Crippen LogP contribution is -2.71. The molecule has 176 valence electrons. The fraction of sp³-hybridized carbons (Fsp3) is 0.708. The molecule has 6 nitrogen and oxygen atoms in total. The minimum absolute atomic E-state index is 0.0133. The zero-order valence-corrected chi connectivity index (χ0v) is 18.7. The molecule has 3 saturated carbocycles. The molecule has 0 aliphatic heterocycles. The van der Waals surface area contributed by atoms with Crippen molar-refractivity contribution < 1.29 is 38.1 Å². The minimum atomic E-state index is -2.30. The van der Waals surface area contributed by atoms with Gasteiger partial charge in [0.1, 0.15) is 6.17 Å². The third kappa shape index (κ3) is 2.50. The molecular weight excluding hydrogens is 422 g/mol. The number of carbonyl (C=O) groups is 3. The van der Waals surface area contributed by atoms with Crippen LogP contribution >= 0.6 is 0 Å². The predicted molar refractivity (Wildman–Crippen MR) is 110 cm³/mol. The summed E-state index contributed by atoms with van der Waals surface area (Å²) in [7, 11) is 0. The lowest BCUT2D eigenvalue weighted by Gasteiger charge is -2.62. The topological polar surface area (TPSA) is 101 Å². The highest BCUT2D eigenvalue weighted by molar-refractivity contribution is 6.01. The van der Waals surface area contributed by atoms with Gasteiger partial charge in [-0.25, -0.2) is 13.6 Å². The van der Waals surface area contributed by atoms with Crippen molar-refractivity contribution in [2.45, 2.75) is 76.9 Å². The molecule has 32 heavy (non-hydrogen) atoms. The molecule has 0 heterocycles. The van der Waals surface area contributed by atoms with E-state index >= 15 is 8.78 Å². The molecule has 0 unspecified atom stereocenters. The summed E-state index contributed by atoms with van der Waals surface area (Å²) in [5.74, 6) is -4.78. The van der Waals surface area contributed by atoms with E-state index < -0.39 is 69.9 Å². The number of halogens is 2. The van der Waals surface area contributed by atoms with Gasteiger partial charge >= 0.3 is 11.9 Å². The number of carbonyl (C=O) groups excluding carboxylic acids is 2. The van der Waals surface area contributed by atoms with E-state index in [2.05, 4.69) is 0 Å². The number of carboxylic acid groups (broad SMARTS) is 1. The molecule has 0 aromatic carbocycles. The molecule has 3 fully saturated rings. The number of aliphatic hydroxyl groups is 1. The van der Waals surface area contributed by atoms with E-state index in [-0.39, 0.29) is 31.3 Å². The second-order valence-corrected chi connectivity index (χ2v) is 10.4. The fourth-order valence-electron chi connectivity index (χ4n) is 7.49. The second kappa shape index (κ2) is 6.95. The van der Waals surface area contributed by atoms with E-state index in [4.69, 9.17) is 4.74 Å². The first-order chi connectivity index (χ1) is 14.8. The van der Waals surface area contributed by atoms with E-state index in [1.165, 1.54) is 19.1 Å². The number of esters is 1. The molecule has 0 saturated heterocycles. The number of aliphatic hydroxyl groups excluding tert-OH is 1. The number of hydrogen-bond acceptors (Lipinski definition) is 5.